The third-order valence-corrected chi connectivity index (χ3v) is 8.87. The number of anilines is 1. The number of aryl methyl sites for hydroxylation is 2. The lowest BCUT2D eigenvalue weighted by molar-refractivity contribution is -0.115. The predicted octanol–water partition coefficient (Wildman–Crippen LogP) is 3.94. The standard InChI is InChI=1S/C25H27N3O6S3/c1-4-33-23(31)14-9-10-16-18(11-14)37-25(28(16)3)27-20(30)13-35-12-19(29)26-22-21(24(32)34-5-2)15-7-6-8-17(15)36-22/h9-11H,4-8,12-13H2,1-3H3,(H,26,29). The average Bonchev–Trinajstić information content (AvgIpc) is 3.52. The second kappa shape index (κ2) is 12.1. The Balaban J connectivity index is 1.37. The number of rotatable bonds is 9. The number of thiophene rings is 1. The van der Waals surface area contributed by atoms with Crippen LogP contribution in [0.2, 0.25) is 0 Å². The number of amides is 2. The quantitative estimate of drug-likeness (QED) is 0.394. The van der Waals surface area contributed by atoms with Crippen molar-refractivity contribution in [2.45, 2.75) is 33.1 Å². The average molecular weight is 562 g/mol. The normalized spacial score (nSPS) is 13.0. The summed E-state index contributed by atoms with van der Waals surface area (Å²) in [6, 6.07) is 5.21. The number of nitrogens with one attached hydrogen (secondary N) is 1. The van der Waals surface area contributed by atoms with E-state index in [-0.39, 0.29) is 29.9 Å². The van der Waals surface area contributed by atoms with Crippen molar-refractivity contribution in [1.82, 2.24) is 4.57 Å². The molecule has 1 N–H and O–H groups in total. The molecule has 0 saturated carbocycles. The number of fused-ring (bicyclic) bond motifs is 2. The van der Waals surface area contributed by atoms with E-state index >= 15 is 0 Å². The number of hydrogen-bond acceptors (Lipinski definition) is 9. The third-order valence-electron chi connectivity index (χ3n) is 5.65. The number of carbonyl (C=O) groups is 4. The molecule has 0 aliphatic heterocycles. The summed E-state index contributed by atoms with van der Waals surface area (Å²) in [5.74, 6) is -1.39. The zero-order valence-electron chi connectivity index (χ0n) is 20.8. The van der Waals surface area contributed by atoms with Gasteiger partial charge in [-0.1, -0.05) is 11.3 Å². The van der Waals surface area contributed by atoms with Gasteiger partial charge in [-0.15, -0.1) is 23.1 Å². The van der Waals surface area contributed by atoms with Gasteiger partial charge in [-0.05, 0) is 56.9 Å². The van der Waals surface area contributed by atoms with Crippen molar-refractivity contribution in [1.29, 1.82) is 0 Å². The van der Waals surface area contributed by atoms with Crippen LogP contribution in [-0.2, 0) is 39.0 Å². The second-order valence-electron chi connectivity index (χ2n) is 8.18. The molecule has 37 heavy (non-hydrogen) atoms. The van der Waals surface area contributed by atoms with Crippen LogP contribution in [0.4, 0.5) is 5.00 Å². The van der Waals surface area contributed by atoms with Crippen molar-refractivity contribution in [2.75, 3.05) is 30.0 Å². The fourth-order valence-corrected chi connectivity index (χ4v) is 6.99. The van der Waals surface area contributed by atoms with Crippen LogP contribution in [0.1, 0.15) is 51.4 Å². The summed E-state index contributed by atoms with van der Waals surface area (Å²) >= 11 is 3.88. The van der Waals surface area contributed by atoms with Crippen molar-refractivity contribution in [3.05, 3.63) is 44.6 Å². The number of nitrogens with zero attached hydrogens (tertiary/aromatic N) is 2. The number of aromatic nitrogens is 1. The maximum Gasteiger partial charge on any atom is 0.341 e. The van der Waals surface area contributed by atoms with Gasteiger partial charge in [-0.2, -0.15) is 4.99 Å². The van der Waals surface area contributed by atoms with Gasteiger partial charge in [-0.3, -0.25) is 9.59 Å². The number of benzene rings is 1. The molecule has 0 unspecified atom stereocenters. The van der Waals surface area contributed by atoms with Gasteiger partial charge in [0, 0.05) is 11.9 Å². The summed E-state index contributed by atoms with van der Waals surface area (Å²) in [6.45, 7) is 4.06. The molecule has 4 rings (SSSR count). The molecule has 2 aromatic heterocycles. The lowest BCUT2D eigenvalue weighted by Gasteiger charge is -2.07. The summed E-state index contributed by atoms with van der Waals surface area (Å²) in [5.41, 5.74) is 2.73. The van der Waals surface area contributed by atoms with Crippen LogP contribution in [0, 0.1) is 0 Å². The highest BCUT2D eigenvalue weighted by Crippen LogP contribution is 2.39. The number of thioether (sulfide) groups is 1. The first-order valence-corrected chi connectivity index (χ1v) is 14.6. The molecule has 12 heteroatoms. The monoisotopic (exact) mass is 561 g/mol. The summed E-state index contributed by atoms with van der Waals surface area (Å²) in [6.07, 6.45) is 2.69. The van der Waals surface area contributed by atoms with E-state index in [0.717, 1.165) is 51.7 Å². The molecule has 0 spiro atoms. The number of esters is 2. The molecule has 0 radical (unpaired) electrons. The molecule has 1 aliphatic carbocycles. The van der Waals surface area contributed by atoms with E-state index in [2.05, 4.69) is 10.3 Å². The fraction of sp³-hybridized carbons (Fsp3) is 0.400. The van der Waals surface area contributed by atoms with Crippen LogP contribution in [0.5, 0.6) is 0 Å². The van der Waals surface area contributed by atoms with Crippen LogP contribution in [0.25, 0.3) is 10.2 Å². The highest BCUT2D eigenvalue weighted by Gasteiger charge is 2.28. The van der Waals surface area contributed by atoms with Crippen molar-refractivity contribution in [2.24, 2.45) is 12.0 Å². The largest absolute Gasteiger partial charge is 0.462 e. The van der Waals surface area contributed by atoms with Gasteiger partial charge in [0.05, 0.1) is 46.1 Å². The topological polar surface area (TPSA) is 116 Å². The molecule has 0 saturated heterocycles. The Kier molecular flexibility index (Phi) is 8.83. The Morgan fingerprint density at radius 2 is 1.81 bits per heavy atom. The zero-order valence-corrected chi connectivity index (χ0v) is 23.2. The highest BCUT2D eigenvalue weighted by atomic mass is 32.2. The molecular formula is C25H27N3O6S3. The lowest BCUT2D eigenvalue weighted by atomic mass is 10.1. The van der Waals surface area contributed by atoms with Crippen LogP contribution in [-0.4, -0.2) is 53.0 Å². The Hall–Kier alpha value is -2.96. The molecule has 1 aromatic carbocycles. The van der Waals surface area contributed by atoms with E-state index in [0.29, 0.717) is 27.5 Å². The highest BCUT2D eigenvalue weighted by molar-refractivity contribution is 8.00. The summed E-state index contributed by atoms with van der Waals surface area (Å²) in [5, 5.41) is 3.35. The van der Waals surface area contributed by atoms with Crippen LogP contribution >= 0.6 is 34.4 Å². The van der Waals surface area contributed by atoms with Crippen LogP contribution in [0.15, 0.2) is 23.2 Å². The minimum atomic E-state index is -0.413. The minimum absolute atomic E-state index is 0.0292. The van der Waals surface area contributed by atoms with Crippen molar-refractivity contribution >= 4 is 73.4 Å². The second-order valence-corrected chi connectivity index (χ2v) is 11.3. The fourth-order valence-electron chi connectivity index (χ4n) is 4.03. The van der Waals surface area contributed by atoms with Crippen molar-refractivity contribution in [3.63, 3.8) is 0 Å². The first-order valence-electron chi connectivity index (χ1n) is 11.9. The maximum absolute atomic E-state index is 12.6. The van der Waals surface area contributed by atoms with Crippen LogP contribution in [0.3, 0.4) is 0 Å². The molecule has 0 fully saturated rings. The van der Waals surface area contributed by atoms with Crippen LogP contribution < -0.4 is 10.1 Å². The van der Waals surface area contributed by atoms with E-state index in [1.807, 2.05) is 0 Å². The van der Waals surface area contributed by atoms with E-state index in [1.165, 1.54) is 22.7 Å². The number of thiazole rings is 1. The molecule has 2 heterocycles. The Morgan fingerprint density at radius 3 is 2.57 bits per heavy atom. The predicted molar refractivity (Wildman–Crippen MR) is 146 cm³/mol. The summed E-state index contributed by atoms with van der Waals surface area (Å²) in [4.78, 5) is 55.3. The smallest absolute Gasteiger partial charge is 0.341 e. The Labute approximate surface area is 225 Å². The van der Waals surface area contributed by atoms with Gasteiger partial charge in [-0.25, -0.2) is 9.59 Å². The first kappa shape index (κ1) is 27.1. The van der Waals surface area contributed by atoms with Gasteiger partial charge >= 0.3 is 11.9 Å². The molecule has 0 bridgehead atoms. The summed E-state index contributed by atoms with van der Waals surface area (Å²) in [7, 11) is 1.80. The molecular weight excluding hydrogens is 534 g/mol. The first-order chi connectivity index (χ1) is 17.8. The molecule has 2 amide bonds. The maximum atomic E-state index is 12.6. The van der Waals surface area contributed by atoms with E-state index in [9.17, 15) is 19.2 Å². The van der Waals surface area contributed by atoms with Gasteiger partial charge in [0.1, 0.15) is 5.00 Å². The Morgan fingerprint density at radius 1 is 1.05 bits per heavy atom. The van der Waals surface area contributed by atoms with Crippen molar-refractivity contribution in [3.8, 4) is 0 Å². The van der Waals surface area contributed by atoms with Gasteiger partial charge in [0.15, 0.2) is 4.80 Å². The Bertz CT molecular complexity index is 1440. The molecule has 1 aliphatic rings. The van der Waals surface area contributed by atoms with E-state index < -0.39 is 11.9 Å². The molecule has 0 atom stereocenters. The van der Waals surface area contributed by atoms with E-state index in [1.54, 1.807) is 43.7 Å². The van der Waals surface area contributed by atoms with Gasteiger partial charge in [0.25, 0.3) is 5.91 Å². The van der Waals surface area contributed by atoms with Gasteiger partial charge < -0.3 is 19.4 Å². The van der Waals surface area contributed by atoms with E-state index in [4.69, 9.17) is 9.47 Å². The zero-order chi connectivity index (χ0) is 26.5. The number of hydrogen-bond donors (Lipinski definition) is 1. The SMILES string of the molecule is CCOC(=O)c1ccc2c(c1)sc(=NC(=O)CSCC(=O)Nc1sc3c(c1C(=O)OCC)CCC3)n2C. The molecule has 3 aromatic rings. The van der Waals surface area contributed by atoms with Crippen molar-refractivity contribution < 1.29 is 28.7 Å². The summed E-state index contributed by atoms with van der Waals surface area (Å²) < 4.78 is 12.8. The van der Waals surface area contributed by atoms with Gasteiger partial charge in [0.2, 0.25) is 5.91 Å². The third kappa shape index (κ3) is 6.13. The number of ether oxygens (including phenoxy) is 2. The minimum Gasteiger partial charge on any atom is -0.462 e. The molecule has 196 valence electrons. The lowest BCUT2D eigenvalue weighted by Crippen LogP contribution is -2.18. The number of carbonyl (C=O) groups excluding carboxylic acids is 4. The molecule has 9 nitrogen and oxygen atoms in total.